The number of aryl methyl sites for hydroxylation is 1. The van der Waals surface area contributed by atoms with Crippen molar-refractivity contribution in [2.45, 2.75) is 19.9 Å². The molecular weight excluding hydrogens is 310 g/mol. The number of carbonyl (C=O) groups excluding carboxylic acids is 2. The van der Waals surface area contributed by atoms with Crippen molar-refractivity contribution < 1.29 is 18.7 Å². The van der Waals surface area contributed by atoms with Crippen LogP contribution in [0.1, 0.15) is 23.0 Å². The molecule has 1 saturated heterocycles. The van der Waals surface area contributed by atoms with E-state index in [0.717, 1.165) is 10.9 Å². The number of benzene rings is 1. The number of nitrogens with one attached hydrogen (secondary N) is 2. The summed E-state index contributed by atoms with van der Waals surface area (Å²) in [6.07, 6.45) is 0. The number of furan rings is 1. The third-order valence-corrected chi connectivity index (χ3v) is 4.32. The second kappa shape index (κ2) is 7.02. The molecule has 0 unspecified atom stereocenters. The molecule has 7 heteroatoms. The molecule has 1 fully saturated rings. The van der Waals surface area contributed by atoms with Crippen LogP contribution in [0.5, 0.6) is 0 Å². The standard InChI is InChI=1S/C17H21N3O4/c1-11-13-5-3-4-6-14(13)24-15(11)17(22)19-18-16(21)12(2)20-7-9-23-10-8-20/h3-6,12H,7-10H2,1-2H3,(H,18,21)(H,19,22)/t12-/m0/s1. The number of nitrogens with zero attached hydrogens (tertiary/aromatic N) is 1. The lowest BCUT2D eigenvalue weighted by Crippen LogP contribution is -2.53. The highest BCUT2D eigenvalue weighted by Crippen LogP contribution is 2.24. The maximum Gasteiger partial charge on any atom is 0.305 e. The molecule has 1 aromatic carbocycles. The van der Waals surface area contributed by atoms with E-state index in [1.165, 1.54) is 0 Å². The fourth-order valence-corrected chi connectivity index (χ4v) is 2.80. The van der Waals surface area contributed by atoms with Gasteiger partial charge >= 0.3 is 5.91 Å². The molecule has 7 nitrogen and oxygen atoms in total. The maximum atomic E-state index is 12.3. The minimum absolute atomic E-state index is 0.204. The number of hydrogen-bond acceptors (Lipinski definition) is 5. The molecule has 0 radical (unpaired) electrons. The largest absolute Gasteiger partial charge is 0.451 e. The zero-order chi connectivity index (χ0) is 17.1. The van der Waals surface area contributed by atoms with Crippen LogP contribution in [0.4, 0.5) is 0 Å². The number of para-hydroxylation sites is 1. The summed E-state index contributed by atoms with van der Waals surface area (Å²) in [4.78, 5) is 26.5. The van der Waals surface area contributed by atoms with Crippen LogP contribution in [0.2, 0.25) is 0 Å². The number of morpholine rings is 1. The zero-order valence-electron chi connectivity index (χ0n) is 13.8. The first kappa shape index (κ1) is 16.5. The SMILES string of the molecule is Cc1c(C(=O)NNC(=O)[C@H](C)N2CCOCC2)oc2ccccc12. The van der Waals surface area contributed by atoms with E-state index in [9.17, 15) is 9.59 Å². The van der Waals surface area contributed by atoms with Crippen LogP contribution in [-0.2, 0) is 9.53 Å². The van der Waals surface area contributed by atoms with Gasteiger partial charge in [-0.25, -0.2) is 0 Å². The topological polar surface area (TPSA) is 83.8 Å². The lowest BCUT2D eigenvalue weighted by molar-refractivity contribution is -0.128. The first-order chi connectivity index (χ1) is 11.6. The number of ether oxygens (including phenoxy) is 1. The fourth-order valence-electron chi connectivity index (χ4n) is 2.80. The molecule has 0 saturated carbocycles. The quantitative estimate of drug-likeness (QED) is 0.826. The van der Waals surface area contributed by atoms with Gasteiger partial charge in [-0.2, -0.15) is 0 Å². The third kappa shape index (κ3) is 3.27. The Hall–Kier alpha value is -2.38. The van der Waals surface area contributed by atoms with E-state index < -0.39 is 5.91 Å². The average Bonchev–Trinajstić information content (AvgIpc) is 2.96. The minimum Gasteiger partial charge on any atom is -0.451 e. The van der Waals surface area contributed by atoms with E-state index in [0.29, 0.717) is 31.9 Å². The summed E-state index contributed by atoms with van der Waals surface area (Å²) in [6, 6.07) is 7.09. The summed E-state index contributed by atoms with van der Waals surface area (Å²) >= 11 is 0. The normalized spacial score (nSPS) is 16.8. The molecule has 1 atom stereocenters. The van der Waals surface area contributed by atoms with Crippen LogP contribution in [0.3, 0.4) is 0 Å². The number of amides is 2. The molecule has 1 aromatic heterocycles. The van der Waals surface area contributed by atoms with Crippen LogP contribution in [0.25, 0.3) is 11.0 Å². The smallest absolute Gasteiger partial charge is 0.305 e. The van der Waals surface area contributed by atoms with Crippen molar-refractivity contribution in [1.82, 2.24) is 15.8 Å². The number of hydrazine groups is 1. The van der Waals surface area contributed by atoms with E-state index in [2.05, 4.69) is 10.9 Å². The molecule has 2 heterocycles. The van der Waals surface area contributed by atoms with Gasteiger partial charge in [-0.3, -0.25) is 25.3 Å². The van der Waals surface area contributed by atoms with Gasteiger partial charge in [-0.15, -0.1) is 0 Å². The van der Waals surface area contributed by atoms with Gasteiger partial charge in [0, 0.05) is 24.0 Å². The Morgan fingerprint density at radius 3 is 2.58 bits per heavy atom. The monoisotopic (exact) mass is 331 g/mol. The Labute approximate surface area is 139 Å². The molecule has 24 heavy (non-hydrogen) atoms. The molecule has 0 aliphatic carbocycles. The third-order valence-electron chi connectivity index (χ3n) is 4.32. The average molecular weight is 331 g/mol. The second-order valence-corrected chi connectivity index (χ2v) is 5.82. The Morgan fingerprint density at radius 1 is 1.17 bits per heavy atom. The summed E-state index contributed by atoms with van der Waals surface area (Å²) in [6.45, 7) is 6.25. The van der Waals surface area contributed by atoms with Gasteiger partial charge < -0.3 is 9.15 Å². The molecule has 1 aliphatic heterocycles. The summed E-state index contributed by atoms with van der Waals surface area (Å²) in [5.74, 6) is -0.527. The van der Waals surface area contributed by atoms with Crippen molar-refractivity contribution in [2.24, 2.45) is 0 Å². The fraction of sp³-hybridized carbons (Fsp3) is 0.412. The number of carbonyl (C=O) groups is 2. The second-order valence-electron chi connectivity index (χ2n) is 5.82. The van der Waals surface area contributed by atoms with Gasteiger partial charge in [0.25, 0.3) is 5.91 Å². The lowest BCUT2D eigenvalue weighted by Gasteiger charge is -2.31. The van der Waals surface area contributed by atoms with E-state index >= 15 is 0 Å². The number of fused-ring (bicyclic) bond motifs is 1. The molecule has 128 valence electrons. The summed E-state index contributed by atoms with van der Waals surface area (Å²) in [5, 5.41) is 0.885. The highest BCUT2D eigenvalue weighted by atomic mass is 16.5. The number of hydrogen-bond donors (Lipinski definition) is 2. The highest BCUT2D eigenvalue weighted by molar-refractivity contribution is 5.99. The summed E-state index contributed by atoms with van der Waals surface area (Å²) < 4.78 is 10.9. The molecule has 0 spiro atoms. The van der Waals surface area contributed by atoms with Crippen molar-refractivity contribution in [1.29, 1.82) is 0 Å². The van der Waals surface area contributed by atoms with Gasteiger partial charge in [0.2, 0.25) is 0 Å². The van der Waals surface area contributed by atoms with Crippen molar-refractivity contribution in [2.75, 3.05) is 26.3 Å². The van der Waals surface area contributed by atoms with Crippen molar-refractivity contribution in [3.05, 3.63) is 35.6 Å². The molecule has 2 amide bonds. The van der Waals surface area contributed by atoms with Gasteiger partial charge in [-0.05, 0) is 19.9 Å². The molecular formula is C17H21N3O4. The molecule has 2 aromatic rings. The van der Waals surface area contributed by atoms with E-state index in [4.69, 9.17) is 9.15 Å². The molecule has 3 rings (SSSR count). The zero-order valence-corrected chi connectivity index (χ0v) is 13.8. The van der Waals surface area contributed by atoms with Crippen LogP contribution in [-0.4, -0.2) is 49.1 Å². The summed E-state index contributed by atoms with van der Waals surface area (Å²) in [7, 11) is 0. The van der Waals surface area contributed by atoms with Gasteiger partial charge in [-0.1, -0.05) is 18.2 Å². The first-order valence-electron chi connectivity index (χ1n) is 7.98. The van der Waals surface area contributed by atoms with E-state index in [1.807, 2.05) is 30.0 Å². The van der Waals surface area contributed by atoms with Gasteiger partial charge in [0.05, 0.1) is 19.3 Å². The van der Waals surface area contributed by atoms with Gasteiger partial charge in [0.1, 0.15) is 5.58 Å². The molecule has 1 aliphatic rings. The first-order valence-corrected chi connectivity index (χ1v) is 7.98. The predicted molar refractivity (Wildman–Crippen MR) is 88.4 cm³/mol. The van der Waals surface area contributed by atoms with E-state index in [1.54, 1.807) is 13.0 Å². The summed E-state index contributed by atoms with van der Waals surface area (Å²) in [5.41, 5.74) is 6.29. The highest BCUT2D eigenvalue weighted by Gasteiger charge is 2.24. The number of rotatable bonds is 3. The predicted octanol–water partition coefficient (Wildman–Crippen LogP) is 1.22. The molecule has 2 N–H and O–H groups in total. The van der Waals surface area contributed by atoms with Crippen molar-refractivity contribution in [3.63, 3.8) is 0 Å². The Balaban J connectivity index is 1.62. The Kier molecular flexibility index (Phi) is 4.82. The van der Waals surface area contributed by atoms with Gasteiger partial charge in [0.15, 0.2) is 5.76 Å². The van der Waals surface area contributed by atoms with E-state index in [-0.39, 0.29) is 17.7 Å². The van der Waals surface area contributed by atoms with Crippen molar-refractivity contribution in [3.8, 4) is 0 Å². The van der Waals surface area contributed by atoms with Crippen molar-refractivity contribution >= 4 is 22.8 Å². The van der Waals surface area contributed by atoms with Crippen LogP contribution >= 0.6 is 0 Å². The van der Waals surface area contributed by atoms with Crippen LogP contribution in [0, 0.1) is 6.92 Å². The Morgan fingerprint density at radius 2 is 1.88 bits per heavy atom. The molecule has 0 bridgehead atoms. The maximum absolute atomic E-state index is 12.3. The van der Waals surface area contributed by atoms with Crippen LogP contribution in [0.15, 0.2) is 28.7 Å². The van der Waals surface area contributed by atoms with Crippen LogP contribution < -0.4 is 10.9 Å². The lowest BCUT2D eigenvalue weighted by atomic mass is 10.1. The Bertz CT molecular complexity index is 749. The minimum atomic E-state index is -0.466.